The second-order valence-electron chi connectivity index (χ2n) is 9.05. The van der Waals surface area contributed by atoms with E-state index in [1.165, 1.54) is 0 Å². The van der Waals surface area contributed by atoms with Gasteiger partial charge in [-0.25, -0.2) is 0 Å². The van der Waals surface area contributed by atoms with E-state index in [0.717, 1.165) is 25.7 Å². The van der Waals surface area contributed by atoms with Crippen LogP contribution in [0.3, 0.4) is 0 Å². The van der Waals surface area contributed by atoms with E-state index in [-0.39, 0.29) is 16.9 Å². The van der Waals surface area contributed by atoms with Gasteiger partial charge in [-0.15, -0.1) is 0 Å². The molecule has 0 aromatic carbocycles. The van der Waals surface area contributed by atoms with Crippen molar-refractivity contribution >= 4 is 6.29 Å². The first-order valence-electron chi connectivity index (χ1n) is 9.49. The zero-order chi connectivity index (χ0) is 19.7. The van der Waals surface area contributed by atoms with Crippen molar-refractivity contribution in [1.82, 2.24) is 10.2 Å². The Balaban J connectivity index is 4.33. The van der Waals surface area contributed by atoms with Crippen molar-refractivity contribution in [3.05, 3.63) is 0 Å². The number of carbonyl (C=O) groups excluding carboxylic acids is 1. The molecule has 0 heterocycles. The highest BCUT2D eigenvalue weighted by Gasteiger charge is 2.30. The second-order valence-corrected chi connectivity index (χ2v) is 9.05. The van der Waals surface area contributed by atoms with Crippen molar-refractivity contribution in [2.45, 2.75) is 91.5 Å². The first-order valence-corrected chi connectivity index (χ1v) is 9.49. The van der Waals surface area contributed by atoms with Crippen molar-refractivity contribution in [1.29, 1.82) is 0 Å². The van der Waals surface area contributed by atoms with Crippen molar-refractivity contribution in [2.75, 3.05) is 26.9 Å². The molecule has 0 aliphatic carbocycles. The van der Waals surface area contributed by atoms with Crippen LogP contribution in [0.5, 0.6) is 0 Å². The lowest BCUT2D eigenvalue weighted by Crippen LogP contribution is -2.50. The van der Waals surface area contributed by atoms with Crippen molar-refractivity contribution in [3.63, 3.8) is 0 Å². The van der Waals surface area contributed by atoms with Crippen LogP contribution < -0.4 is 5.32 Å². The summed E-state index contributed by atoms with van der Waals surface area (Å²) in [6.45, 7) is 19.1. The Labute approximate surface area is 155 Å². The van der Waals surface area contributed by atoms with Gasteiger partial charge in [0.2, 0.25) is 0 Å². The van der Waals surface area contributed by atoms with Crippen LogP contribution >= 0.6 is 0 Å². The van der Waals surface area contributed by atoms with E-state index in [1.54, 1.807) is 0 Å². The molecule has 0 aliphatic heterocycles. The summed E-state index contributed by atoms with van der Waals surface area (Å²) in [7, 11) is 2.02. The summed E-state index contributed by atoms with van der Waals surface area (Å²) in [6.07, 6.45) is 3.61. The molecule has 0 bridgehead atoms. The first-order chi connectivity index (χ1) is 11.3. The van der Waals surface area contributed by atoms with Gasteiger partial charge in [0, 0.05) is 12.0 Å². The van der Waals surface area contributed by atoms with Crippen LogP contribution in [-0.4, -0.2) is 55.0 Å². The van der Waals surface area contributed by atoms with Gasteiger partial charge in [0.25, 0.3) is 0 Å². The van der Waals surface area contributed by atoms with Crippen LogP contribution in [-0.2, 0) is 14.3 Å². The molecule has 25 heavy (non-hydrogen) atoms. The highest BCUT2D eigenvalue weighted by molar-refractivity contribution is 5.48. The lowest BCUT2D eigenvalue weighted by atomic mass is 9.89. The SMILES string of the molecule is CC(COC(C)(C)N(C)COC(C)(C)C)C(C)(C)NCCCCC=O. The van der Waals surface area contributed by atoms with E-state index >= 15 is 0 Å². The molecule has 150 valence electrons. The minimum Gasteiger partial charge on any atom is -0.361 e. The van der Waals surface area contributed by atoms with Gasteiger partial charge < -0.3 is 19.6 Å². The maximum Gasteiger partial charge on any atom is 0.119 e. The quantitative estimate of drug-likeness (QED) is 0.308. The second kappa shape index (κ2) is 10.6. The van der Waals surface area contributed by atoms with Crippen LogP contribution in [0.2, 0.25) is 0 Å². The molecule has 5 heteroatoms. The number of nitrogens with zero attached hydrogens (tertiary/aromatic N) is 1. The van der Waals surface area contributed by atoms with Crippen LogP contribution in [0.4, 0.5) is 0 Å². The molecule has 0 amide bonds. The molecular formula is C20H42N2O3. The predicted octanol–water partition coefficient (Wildman–Crippen LogP) is 3.82. The third-order valence-corrected chi connectivity index (χ3v) is 4.86. The Kier molecular flexibility index (Phi) is 10.4. The Hall–Kier alpha value is -0.490. The number of aldehydes is 1. The molecule has 1 atom stereocenters. The molecule has 0 saturated carbocycles. The summed E-state index contributed by atoms with van der Waals surface area (Å²) in [5, 5.41) is 3.59. The van der Waals surface area contributed by atoms with Gasteiger partial charge in [0.05, 0.1) is 12.2 Å². The lowest BCUT2D eigenvalue weighted by molar-refractivity contribution is -0.181. The number of hydrogen-bond donors (Lipinski definition) is 1. The van der Waals surface area contributed by atoms with Crippen LogP contribution in [0, 0.1) is 5.92 Å². The van der Waals surface area contributed by atoms with Gasteiger partial charge in [-0.05, 0) is 80.8 Å². The number of ether oxygens (including phenoxy) is 2. The molecule has 1 N–H and O–H groups in total. The lowest BCUT2D eigenvalue weighted by Gasteiger charge is -2.40. The van der Waals surface area contributed by atoms with Crippen LogP contribution in [0.15, 0.2) is 0 Å². The van der Waals surface area contributed by atoms with Gasteiger partial charge in [0.15, 0.2) is 0 Å². The monoisotopic (exact) mass is 358 g/mol. The Morgan fingerprint density at radius 3 is 2.16 bits per heavy atom. The topological polar surface area (TPSA) is 50.8 Å². The van der Waals surface area contributed by atoms with E-state index in [1.807, 2.05) is 7.05 Å². The van der Waals surface area contributed by atoms with Crippen molar-refractivity contribution < 1.29 is 14.3 Å². The van der Waals surface area contributed by atoms with Gasteiger partial charge in [-0.3, -0.25) is 4.90 Å². The van der Waals surface area contributed by atoms with Gasteiger partial charge >= 0.3 is 0 Å². The molecule has 0 fully saturated rings. The number of carbonyl (C=O) groups is 1. The summed E-state index contributed by atoms with van der Waals surface area (Å²) in [5.41, 5.74) is -0.565. The predicted molar refractivity (Wildman–Crippen MR) is 105 cm³/mol. The first kappa shape index (κ1) is 24.5. The van der Waals surface area contributed by atoms with E-state index in [2.05, 4.69) is 65.6 Å². The molecule has 1 unspecified atom stereocenters. The minimum atomic E-state index is -0.389. The number of hydrogen-bond acceptors (Lipinski definition) is 5. The van der Waals surface area contributed by atoms with Gasteiger partial charge in [-0.1, -0.05) is 6.92 Å². The average molecular weight is 359 g/mol. The Morgan fingerprint density at radius 2 is 1.64 bits per heavy atom. The van der Waals surface area contributed by atoms with Crippen molar-refractivity contribution in [2.24, 2.45) is 5.92 Å². The van der Waals surface area contributed by atoms with Gasteiger partial charge in [-0.2, -0.15) is 0 Å². The summed E-state index contributed by atoms with van der Waals surface area (Å²) >= 11 is 0. The molecule has 5 nitrogen and oxygen atoms in total. The normalized spacial score (nSPS) is 14.8. The summed E-state index contributed by atoms with van der Waals surface area (Å²) in [6, 6.07) is 0. The fourth-order valence-corrected chi connectivity index (χ4v) is 2.03. The minimum absolute atomic E-state index is 0.0161. The molecule has 0 radical (unpaired) electrons. The third-order valence-electron chi connectivity index (χ3n) is 4.86. The number of unbranched alkanes of at least 4 members (excludes halogenated alkanes) is 2. The van der Waals surface area contributed by atoms with E-state index in [4.69, 9.17) is 9.47 Å². The highest BCUT2D eigenvalue weighted by atomic mass is 16.5. The zero-order valence-corrected chi connectivity index (χ0v) is 18.1. The average Bonchev–Trinajstić information content (AvgIpc) is 2.49. The molecule has 0 aromatic rings. The molecule has 0 aromatic heterocycles. The van der Waals surface area contributed by atoms with Crippen LogP contribution in [0.1, 0.15) is 74.7 Å². The summed E-state index contributed by atoms with van der Waals surface area (Å²) < 4.78 is 12.1. The highest BCUT2D eigenvalue weighted by Crippen LogP contribution is 2.22. The third kappa shape index (κ3) is 11.0. The van der Waals surface area contributed by atoms with E-state index in [0.29, 0.717) is 25.7 Å². The standard InChI is InChI=1S/C20H42N2O3/c1-17(19(5,6)21-13-11-10-12-14-23)15-24-20(7,8)22(9)16-25-18(2,3)4/h14,17,21H,10-13,15-16H2,1-9H3. The zero-order valence-electron chi connectivity index (χ0n) is 18.1. The summed E-state index contributed by atoms with van der Waals surface area (Å²) in [5.74, 6) is 0.356. The smallest absolute Gasteiger partial charge is 0.119 e. The molecule has 0 rings (SSSR count). The molecule has 0 spiro atoms. The fraction of sp³-hybridized carbons (Fsp3) is 0.950. The maximum absolute atomic E-state index is 10.4. The Bertz CT molecular complexity index is 376. The Morgan fingerprint density at radius 1 is 1.04 bits per heavy atom. The maximum atomic E-state index is 10.4. The molecule has 0 saturated heterocycles. The van der Waals surface area contributed by atoms with Gasteiger partial charge in [0.1, 0.15) is 18.7 Å². The van der Waals surface area contributed by atoms with E-state index in [9.17, 15) is 4.79 Å². The van der Waals surface area contributed by atoms with E-state index < -0.39 is 0 Å². The molecular weight excluding hydrogens is 316 g/mol. The number of nitrogens with one attached hydrogen (secondary N) is 1. The number of rotatable bonds is 13. The van der Waals surface area contributed by atoms with Crippen molar-refractivity contribution in [3.8, 4) is 0 Å². The van der Waals surface area contributed by atoms with Crippen LogP contribution in [0.25, 0.3) is 0 Å². The fourth-order valence-electron chi connectivity index (χ4n) is 2.03. The summed E-state index contributed by atoms with van der Waals surface area (Å²) in [4.78, 5) is 12.4. The molecule has 0 aliphatic rings. The largest absolute Gasteiger partial charge is 0.361 e.